The van der Waals surface area contributed by atoms with Gasteiger partial charge < -0.3 is 9.84 Å². The van der Waals surface area contributed by atoms with E-state index in [-0.39, 0.29) is 11.3 Å². The highest BCUT2D eigenvalue weighted by atomic mass is 32.2. The van der Waals surface area contributed by atoms with E-state index in [2.05, 4.69) is 4.72 Å². The molecule has 2 N–H and O–H groups in total. The Morgan fingerprint density at radius 3 is 2.12 bits per heavy atom. The quantitative estimate of drug-likeness (QED) is 0.678. The number of sulfonamides is 1. The zero-order chi connectivity index (χ0) is 19.2. The number of hydrogen-bond acceptors (Lipinski definition) is 5. The Morgan fingerprint density at radius 1 is 1.12 bits per heavy atom. The molecule has 0 unspecified atom stereocenters. The Morgan fingerprint density at radius 2 is 1.65 bits per heavy atom. The number of nitrogens with one attached hydrogen (secondary N) is 1. The van der Waals surface area contributed by atoms with E-state index in [9.17, 15) is 18.3 Å². The van der Waals surface area contributed by atoms with Crippen molar-refractivity contribution in [2.24, 2.45) is 0 Å². The van der Waals surface area contributed by atoms with Crippen LogP contribution in [0.2, 0.25) is 0 Å². The predicted molar refractivity (Wildman–Crippen MR) is 103 cm³/mol. The number of benzene rings is 2. The summed E-state index contributed by atoms with van der Waals surface area (Å²) in [4.78, 5) is 11.3. The second-order valence-corrected chi connectivity index (χ2v) is 8.25. The number of carboxylic acids is 1. The molecule has 140 valence electrons. The molecule has 0 aliphatic rings. The van der Waals surface area contributed by atoms with Crippen LogP contribution in [0.25, 0.3) is 11.1 Å². The Kier molecular flexibility index (Phi) is 7.07. The summed E-state index contributed by atoms with van der Waals surface area (Å²) in [5.41, 5.74) is 1.77. The van der Waals surface area contributed by atoms with E-state index in [0.29, 0.717) is 5.75 Å². The molecule has 0 aromatic heterocycles. The van der Waals surface area contributed by atoms with E-state index in [4.69, 9.17) is 4.74 Å². The molecule has 0 heterocycles. The maximum atomic E-state index is 12.4. The van der Waals surface area contributed by atoms with Gasteiger partial charge in [-0.3, -0.25) is 4.79 Å². The molecule has 0 aliphatic heterocycles. The molecule has 0 amide bonds. The third kappa shape index (κ3) is 5.23. The molecule has 1 atom stereocenters. The minimum Gasteiger partial charge on any atom is -0.497 e. The van der Waals surface area contributed by atoms with E-state index in [1.807, 2.05) is 30.5 Å². The van der Waals surface area contributed by atoms with Gasteiger partial charge in [0.05, 0.1) is 12.0 Å². The summed E-state index contributed by atoms with van der Waals surface area (Å²) in [5, 5.41) is 9.20. The minimum absolute atomic E-state index is 0.0326. The van der Waals surface area contributed by atoms with Crippen molar-refractivity contribution in [1.82, 2.24) is 4.72 Å². The Labute approximate surface area is 157 Å². The SMILES string of the molecule is COc1ccc(-c2ccc(S(=O)(=O)N[C@@H](CCSC)C(=O)O)cc2)cc1. The molecule has 26 heavy (non-hydrogen) atoms. The zero-order valence-electron chi connectivity index (χ0n) is 14.5. The van der Waals surface area contributed by atoms with E-state index in [0.717, 1.165) is 16.9 Å². The fraction of sp³-hybridized carbons (Fsp3) is 0.278. The smallest absolute Gasteiger partial charge is 0.321 e. The van der Waals surface area contributed by atoms with Crippen LogP contribution in [0.5, 0.6) is 5.75 Å². The molecule has 0 bridgehead atoms. The maximum absolute atomic E-state index is 12.4. The summed E-state index contributed by atoms with van der Waals surface area (Å²) in [7, 11) is -2.32. The van der Waals surface area contributed by atoms with Crippen LogP contribution in [-0.2, 0) is 14.8 Å². The van der Waals surface area contributed by atoms with Gasteiger partial charge in [0.2, 0.25) is 10.0 Å². The molecule has 0 aliphatic carbocycles. The number of rotatable bonds is 9. The normalized spacial score (nSPS) is 12.5. The lowest BCUT2D eigenvalue weighted by molar-refractivity contribution is -0.139. The lowest BCUT2D eigenvalue weighted by Gasteiger charge is -2.14. The van der Waals surface area contributed by atoms with Crippen molar-refractivity contribution in [3.63, 3.8) is 0 Å². The highest BCUT2D eigenvalue weighted by Gasteiger charge is 2.24. The van der Waals surface area contributed by atoms with Gasteiger partial charge in [-0.25, -0.2) is 8.42 Å². The average molecular weight is 396 g/mol. The first-order chi connectivity index (χ1) is 12.4. The van der Waals surface area contributed by atoms with Crippen LogP contribution in [0.3, 0.4) is 0 Å². The van der Waals surface area contributed by atoms with Gasteiger partial charge in [-0.1, -0.05) is 24.3 Å². The number of methoxy groups -OCH3 is 1. The third-order valence-electron chi connectivity index (χ3n) is 3.79. The monoisotopic (exact) mass is 395 g/mol. The van der Waals surface area contributed by atoms with E-state index >= 15 is 0 Å². The summed E-state index contributed by atoms with van der Waals surface area (Å²) in [5.74, 6) is 0.107. The number of aliphatic carboxylic acids is 1. The van der Waals surface area contributed by atoms with Crippen LogP contribution in [0.1, 0.15) is 6.42 Å². The minimum atomic E-state index is -3.90. The molecule has 6 nitrogen and oxygen atoms in total. The zero-order valence-corrected chi connectivity index (χ0v) is 16.1. The maximum Gasteiger partial charge on any atom is 0.321 e. The van der Waals surface area contributed by atoms with Crippen molar-refractivity contribution >= 4 is 27.8 Å². The summed E-state index contributed by atoms with van der Waals surface area (Å²) in [6.45, 7) is 0. The van der Waals surface area contributed by atoms with Crippen LogP contribution < -0.4 is 9.46 Å². The van der Waals surface area contributed by atoms with Gasteiger partial charge in [0.1, 0.15) is 11.8 Å². The highest BCUT2D eigenvalue weighted by Crippen LogP contribution is 2.24. The first-order valence-electron chi connectivity index (χ1n) is 7.86. The summed E-state index contributed by atoms with van der Waals surface area (Å²) >= 11 is 1.46. The van der Waals surface area contributed by atoms with Crippen molar-refractivity contribution < 1.29 is 23.1 Å². The first kappa shape index (κ1) is 20.3. The molecular formula is C18H21NO5S2. The number of carbonyl (C=O) groups is 1. The lowest BCUT2D eigenvalue weighted by atomic mass is 10.1. The predicted octanol–water partition coefficient (Wildman–Crippen LogP) is 2.85. The lowest BCUT2D eigenvalue weighted by Crippen LogP contribution is -2.41. The first-order valence-corrected chi connectivity index (χ1v) is 10.7. The molecular weight excluding hydrogens is 374 g/mol. The van der Waals surface area contributed by atoms with Gasteiger partial charge in [-0.2, -0.15) is 16.5 Å². The summed E-state index contributed by atoms with van der Waals surface area (Å²) in [6, 6.07) is 12.6. The number of carboxylic acid groups (broad SMARTS) is 1. The van der Waals surface area contributed by atoms with Gasteiger partial charge in [-0.15, -0.1) is 0 Å². The van der Waals surface area contributed by atoms with Gasteiger partial charge >= 0.3 is 5.97 Å². The topological polar surface area (TPSA) is 92.7 Å². The third-order valence-corrected chi connectivity index (χ3v) is 5.93. The van der Waals surface area contributed by atoms with Crippen LogP contribution in [0.15, 0.2) is 53.4 Å². The molecule has 0 radical (unpaired) electrons. The molecule has 0 fully saturated rings. The van der Waals surface area contributed by atoms with E-state index < -0.39 is 22.0 Å². The summed E-state index contributed by atoms with van der Waals surface area (Å²) in [6.07, 6.45) is 2.06. The average Bonchev–Trinajstić information content (AvgIpc) is 2.65. The molecule has 0 saturated heterocycles. The van der Waals surface area contributed by atoms with E-state index in [1.165, 1.54) is 23.9 Å². The van der Waals surface area contributed by atoms with Crippen LogP contribution in [0.4, 0.5) is 0 Å². The summed E-state index contributed by atoms with van der Waals surface area (Å²) < 4.78 is 32.3. The van der Waals surface area contributed by atoms with Gasteiger partial charge in [0.25, 0.3) is 0 Å². The van der Waals surface area contributed by atoms with E-state index in [1.54, 1.807) is 19.2 Å². The second-order valence-electron chi connectivity index (χ2n) is 5.55. The molecule has 2 rings (SSSR count). The van der Waals surface area contributed by atoms with Gasteiger partial charge in [-0.05, 0) is 53.8 Å². The van der Waals surface area contributed by atoms with Crippen molar-refractivity contribution in [3.05, 3.63) is 48.5 Å². The number of hydrogen-bond donors (Lipinski definition) is 2. The number of ether oxygens (including phenoxy) is 1. The Balaban J connectivity index is 2.18. The second kappa shape index (κ2) is 9.07. The fourth-order valence-electron chi connectivity index (χ4n) is 2.33. The Bertz CT molecular complexity index is 833. The molecule has 0 spiro atoms. The fourth-order valence-corrected chi connectivity index (χ4v) is 4.03. The molecule has 0 saturated carbocycles. The van der Waals surface area contributed by atoms with Crippen LogP contribution in [0, 0.1) is 0 Å². The number of thioether (sulfide) groups is 1. The van der Waals surface area contributed by atoms with Crippen molar-refractivity contribution in [1.29, 1.82) is 0 Å². The van der Waals surface area contributed by atoms with Crippen LogP contribution >= 0.6 is 11.8 Å². The van der Waals surface area contributed by atoms with Gasteiger partial charge in [0.15, 0.2) is 0 Å². The molecule has 8 heteroatoms. The van der Waals surface area contributed by atoms with Gasteiger partial charge in [0, 0.05) is 0 Å². The highest BCUT2D eigenvalue weighted by molar-refractivity contribution is 7.98. The molecule has 2 aromatic carbocycles. The van der Waals surface area contributed by atoms with Crippen molar-refractivity contribution in [3.8, 4) is 16.9 Å². The van der Waals surface area contributed by atoms with Crippen molar-refractivity contribution in [2.75, 3.05) is 19.1 Å². The Hall–Kier alpha value is -2.03. The van der Waals surface area contributed by atoms with Crippen molar-refractivity contribution in [2.45, 2.75) is 17.4 Å². The standard InChI is InChI=1S/C18H21NO5S2/c1-24-15-7-3-13(4-8-15)14-5-9-16(10-6-14)26(22,23)19-17(18(20)21)11-12-25-2/h3-10,17,19H,11-12H2,1-2H3,(H,20,21)/t17-/m0/s1. The van der Waals surface area contributed by atoms with Crippen LogP contribution in [-0.4, -0.2) is 44.7 Å². The largest absolute Gasteiger partial charge is 0.497 e. The molecule has 2 aromatic rings.